The molecule has 0 N–H and O–H groups in total. The first kappa shape index (κ1) is 4.80. The van der Waals surface area contributed by atoms with Crippen molar-refractivity contribution in [1.29, 1.82) is 0 Å². The molecule has 0 saturated carbocycles. The predicted octanol–water partition coefficient (Wildman–Crippen LogP) is 1.48. The summed E-state index contributed by atoms with van der Waals surface area (Å²) >= 11 is -0.543. The molecule has 0 unspecified atom stereocenters. The van der Waals surface area contributed by atoms with E-state index in [1.54, 1.807) is 0 Å². The predicted molar refractivity (Wildman–Crippen MR) is 24.5 cm³/mol. The topological polar surface area (TPSA) is 0 Å². The van der Waals surface area contributed by atoms with Gasteiger partial charge in [0.25, 0.3) is 0 Å². The summed E-state index contributed by atoms with van der Waals surface area (Å²) in [6.07, 6.45) is 0. The van der Waals surface area contributed by atoms with Gasteiger partial charge in [-0.1, -0.05) is 0 Å². The normalized spacial score (nSPS) is 9.00. The van der Waals surface area contributed by atoms with E-state index in [1.165, 1.54) is 0 Å². The van der Waals surface area contributed by atoms with Gasteiger partial charge in [-0.2, -0.15) is 0 Å². The number of hydrogen-bond donors (Lipinski definition) is 0. The van der Waals surface area contributed by atoms with Crippen LogP contribution >= 0.6 is 0 Å². The molecule has 0 aliphatic heterocycles. The second-order valence-corrected chi connectivity index (χ2v) is 10.1. The van der Waals surface area contributed by atoms with Crippen molar-refractivity contribution < 1.29 is 1.43 Å². The molecule has 0 aromatic rings. The van der Waals surface area contributed by atoms with Crippen LogP contribution in [-0.4, -0.2) is 19.8 Å². The molecule has 0 nitrogen and oxygen atoms in total. The van der Waals surface area contributed by atoms with E-state index in [1.807, 2.05) is 0 Å². The molecule has 0 aromatic carbocycles. The van der Waals surface area contributed by atoms with Crippen LogP contribution in [0.1, 0.15) is 1.43 Å². The third-order valence-electron chi connectivity index (χ3n) is 0. The zero-order valence-electron chi connectivity index (χ0n) is 4.50. The van der Waals surface area contributed by atoms with Crippen LogP contribution in [0.2, 0.25) is 14.8 Å². The SMILES string of the molecule is [CH3][Sn]([CH3])[CH3].[H-]. The van der Waals surface area contributed by atoms with Crippen LogP contribution in [-0.2, 0) is 0 Å². The van der Waals surface area contributed by atoms with Gasteiger partial charge in [0.05, 0.1) is 0 Å². The Morgan fingerprint density at radius 3 is 1.25 bits per heavy atom. The van der Waals surface area contributed by atoms with Gasteiger partial charge in [0.2, 0.25) is 0 Å². The average Bonchev–Trinajstić information content (AvgIpc) is 0.811. The third-order valence-corrected chi connectivity index (χ3v) is 0. The van der Waals surface area contributed by atoms with Crippen molar-refractivity contribution in [2.75, 3.05) is 0 Å². The van der Waals surface area contributed by atoms with Crippen molar-refractivity contribution in [3.63, 3.8) is 0 Å². The van der Waals surface area contributed by atoms with E-state index in [0.29, 0.717) is 0 Å². The maximum Gasteiger partial charge on any atom is -1.00 e. The largest absolute Gasteiger partial charge is 1.00 e. The van der Waals surface area contributed by atoms with Crippen LogP contribution in [0.25, 0.3) is 0 Å². The first-order valence-corrected chi connectivity index (χ1v) is 10.1. The molecule has 1 heteroatoms. The third kappa shape index (κ3) is 14.2. The molecule has 1 radical (unpaired) electrons. The molecule has 0 aliphatic carbocycles. The summed E-state index contributed by atoms with van der Waals surface area (Å²) in [6.45, 7) is 0. The van der Waals surface area contributed by atoms with Crippen LogP contribution in [0.5, 0.6) is 0 Å². The van der Waals surface area contributed by atoms with E-state index in [-0.39, 0.29) is 1.43 Å². The smallest absolute Gasteiger partial charge is 1.00 e. The maximum absolute atomic E-state index is 2.36. The van der Waals surface area contributed by atoms with Gasteiger partial charge < -0.3 is 1.43 Å². The van der Waals surface area contributed by atoms with Crippen molar-refractivity contribution in [3.8, 4) is 0 Å². The fraction of sp³-hybridized carbons (Fsp3) is 1.00. The molecule has 0 rings (SSSR count). The van der Waals surface area contributed by atoms with Crippen LogP contribution in [0.15, 0.2) is 0 Å². The summed E-state index contributed by atoms with van der Waals surface area (Å²) < 4.78 is 0. The second kappa shape index (κ2) is 2.06. The molecule has 0 amide bonds. The van der Waals surface area contributed by atoms with Crippen molar-refractivity contribution in [1.82, 2.24) is 0 Å². The molecule has 0 bridgehead atoms. The summed E-state index contributed by atoms with van der Waals surface area (Å²) in [7, 11) is 0. The van der Waals surface area contributed by atoms with Crippen molar-refractivity contribution in [2.24, 2.45) is 0 Å². The first-order chi connectivity index (χ1) is 1.73. The molecule has 0 aliphatic rings. The fourth-order valence-corrected chi connectivity index (χ4v) is 0. The van der Waals surface area contributed by atoms with Gasteiger partial charge in [-0.05, 0) is 0 Å². The minimum atomic E-state index is -0.543. The van der Waals surface area contributed by atoms with Gasteiger partial charge in [0.15, 0.2) is 0 Å². The summed E-state index contributed by atoms with van der Waals surface area (Å²) in [5, 5.41) is 0. The standard InChI is InChI=1S/3CH3.Sn.H/h3*1H3;;/q;;;;-1. The average molecular weight is 165 g/mol. The van der Waals surface area contributed by atoms with Crippen molar-refractivity contribution in [2.45, 2.75) is 14.8 Å². The second-order valence-electron chi connectivity index (χ2n) is 1.50. The van der Waals surface area contributed by atoms with Gasteiger partial charge in [0.1, 0.15) is 0 Å². The zero-order chi connectivity index (χ0) is 3.58. The molecule has 0 fully saturated rings. The molecule has 0 heterocycles. The van der Waals surface area contributed by atoms with E-state index in [9.17, 15) is 0 Å². The fourth-order valence-electron chi connectivity index (χ4n) is 0. The Balaban J connectivity index is 0. The molecule has 27 valence electrons. The summed E-state index contributed by atoms with van der Waals surface area (Å²) in [5.74, 6) is 0. The Morgan fingerprint density at radius 1 is 1.25 bits per heavy atom. The van der Waals surface area contributed by atoms with E-state index in [2.05, 4.69) is 14.8 Å². The van der Waals surface area contributed by atoms with Crippen molar-refractivity contribution >= 4 is 19.8 Å². The molecule has 0 atom stereocenters. The molecule has 0 saturated heterocycles. The van der Waals surface area contributed by atoms with Gasteiger partial charge >= 0.3 is 34.6 Å². The van der Waals surface area contributed by atoms with E-state index in [0.717, 1.165) is 0 Å². The quantitative estimate of drug-likeness (QED) is 0.476. The van der Waals surface area contributed by atoms with Crippen molar-refractivity contribution in [3.05, 3.63) is 0 Å². The molecular formula is C3H10Sn-. The molecule has 4 heavy (non-hydrogen) atoms. The minimum absolute atomic E-state index is 0. The zero-order valence-corrected chi connectivity index (χ0v) is 6.35. The summed E-state index contributed by atoms with van der Waals surface area (Å²) in [4.78, 5) is 7.09. The van der Waals surface area contributed by atoms with Crippen LogP contribution in [0.4, 0.5) is 0 Å². The molecule has 0 aromatic heterocycles. The Kier molecular flexibility index (Phi) is 2.47. The van der Waals surface area contributed by atoms with E-state index in [4.69, 9.17) is 0 Å². The van der Waals surface area contributed by atoms with Crippen LogP contribution in [0.3, 0.4) is 0 Å². The Labute approximate surface area is 36.4 Å². The van der Waals surface area contributed by atoms with Gasteiger partial charge in [-0.3, -0.25) is 0 Å². The van der Waals surface area contributed by atoms with E-state index >= 15 is 0 Å². The monoisotopic (exact) mass is 166 g/mol. The molecular weight excluding hydrogens is 155 g/mol. The Hall–Kier alpha value is 0.799. The molecule has 0 spiro atoms. The van der Waals surface area contributed by atoms with Crippen LogP contribution in [0, 0.1) is 0 Å². The van der Waals surface area contributed by atoms with Crippen LogP contribution < -0.4 is 0 Å². The van der Waals surface area contributed by atoms with Gasteiger partial charge in [-0.25, -0.2) is 0 Å². The van der Waals surface area contributed by atoms with Gasteiger partial charge in [-0.15, -0.1) is 0 Å². The van der Waals surface area contributed by atoms with Gasteiger partial charge in [0, 0.05) is 0 Å². The minimum Gasteiger partial charge on any atom is -1.00 e. The number of hydrogen-bond acceptors (Lipinski definition) is 0. The Morgan fingerprint density at radius 2 is 1.25 bits per heavy atom. The maximum atomic E-state index is 2.36. The number of rotatable bonds is 0. The summed E-state index contributed by atoms with van der Waals surface area (Å²) in [5.41, 5.74) is 0. The Bertz CT molecular complexity index is 11.6. The van der Waals surface area contributed by atoms with E-state index < -0.39 is 19.8 Å². The summed E-state index contributed by atoms with van der Waals surface area (Å²) in [6, 6.07) is 0. The first-order valence-electron chi connectivity index (χ1n) is 1.50.